The Labute approximate surface area is 145 Å². The second kappa shape index (κ2) is 6.25. The highest BCUT2D eigenvalue weighted by atomic mass is 35.5. The van der Waals surface area contributed by atoms with Crippen molar-refractivity contribution < 1.29 is 38.1 Å². The lowest BCUT2D eigenvalue weighted by Gasteiger charge is -2.42. The number of carboxylic acids is 2. The van der Waals surface area contributed by atoms with E-state index in [2.05, 4.69) is 0 Å². The van der Waals surface area contributed by atoms with E-state index in [4.69, 9.17) is 11.6 Å². The summed E-state index contributed by atoms with van der Waals surface area (Å²) in [6.07, 6.45) is -2.24. The van der Waals surface area contributed by atoms with Crippen LogP contribution in [0.4, 0.5) is 13.2 Å². The normalized spacial score (nSPS) is 29.0. The molecule has 3 N–H and O–H groups in total. The third kappa shape index (κ3) is 2.95. The zero-order valence-electron chi connectivity index (χ0n) is 12.8. The molecule has 0 saturated carbocycles. The van der Waals surface area contributed by atoms with Crippen molar-refractivity contribution in [3.8, 4) is 5.75 Å². The maximum Gasteiger partial charge on any atom is 0.318 e. The van der Waals surface area contributed by atoms with Crippen LogP contribution < -0.4 is 0 Å². The number of aliphatic carboxylic acids is 2. The Hall–Kier alpha value is -2.22. The highest BCUT2D eigenvalue weighted by Gasteiger charge is 2.56. The van der Waals surface area contributed by atoms with E-state index in [1.807, 2.05) is 0 Å². The standard InChI is InChI=1S/C16H14ClF3O5/c1-15(13(22)23)6-16(14(24)25,3-2-7(15)12(19)20)8-4-11(21)9(17)5-10(8)18/h2-5,7,12,21H,6H2,1H3,(H,22,23)(H,24,25). The van der Waals surface area contributed by atoms with Gasteiger partial charge in [-0.15, -0.1) is 0 Å². The number of phenols is 1. The molecule has 1 aliphatic carbocycles. The minimum atomic E-state index is -3.05. The fraction of sp³-hybridized carbons (Fsp3) is 0.375. The van der Waals surface area contributed by atoms with E-state index in [1.165, 1.54) is 0 Å². The third-order valence-corrected chi connectivity index (χ3v) is 4.93. The molecule has 0 aliphatic heterocycles. The Morgan fingerprint density at radius 2 is 1.88 bits per heavy atom. The van der Waals surface area contributed by atoms with Crippen molar-refractivity contribution in [2.45, 2.75) is 25.2 Å². The first-order chi connectivity index (χ1) is 11.5. The predicted octanol–water partition coefficient (Wildman–Crippen LogP) is 3.44. The van der Waals surface area contributed by atoms with E-state index in [-0.39, 0.29) is 5.02 Å². The van der Waals surface area contributed by atoms with Crippen LogP contribution in [-0.2, 0) is 15.0 Å². The highest BCUT2D eigenvalue weighted by Crippen LogP contribution is 2.50. The first-order valence-corrected chi connectivity index (χ1v) is 7.46. The van der Waals surface area contributed by atoms with E-state index in [1.54, 1.807) is 0 Å². The second-order valence-corrected chi connectivity index (χ2v) is 6.59. The molecular weight excluding hydrogens is 365 g/mol. The molecule has 0 spiro atoms. The topological polar surface area (TPSA) is 94.8 Å². The minimum Gasteiger partial charge on any atom is -0.506 e. The zero-order chi connectivity index (χ0) is 19.2. The summed E-state index contributed by atoms with van der Waals surface area (Å²) < 4.78 is 40.8. The number of benzene rings is 1. The van der Waals surface area contributed by atoms with Crippen molar-refractivity contribution in [1.82, 2.24) is 0 Å². The average molecular weight is 379 g/mol. The molecule has 25 heavy (non-hydrogen) atoms. The second-order valence-electron chi connectivity index (χ2n) is 6.18. The van der Waals surface area contributed by atoms with E-state index in [9.17, 15) is 38.1 Å². The Morgan fingerprint density at radius 1 is 1.28 bits per heavy atom. The van der Waals surface area contributed by atoms with Gasteiger partial charge in [0.15, 0.2) is 0 Å². The molecule has 2 rings (SSSR count). The average Bonchev–Trinajstić information content (AvgIpc) is 2.49. The summed E-state index contributed by atoms with van der Waals surface area (Å²) in [6.45, 7) is 0.987. The number of carbonyl (C=O) groups is 2. The smallest absolute Gasteiger partial charge is 0.318 e. The lowest BCUT2D eigenvalue weighted by Crippen LogP contribution is -2.50. The van der Waals surface area contributed by atoms with Crippen LogP contribution in [0.25, 0.3) is 0 Å². The molecule has 0 radical (unpaired) electrons. The van der Waals surface area contributed by atoms with Crippen LogP contribution in [0.1, 0.15) is 18.9 Å². The lowest BCUT2D eigenvalue weighted by molar-refractivity contribution is -0.159. The molecule has 0 amide bonds. The molecule has 3 unspecified atom stereocenters. The number of alkyl halides is 2. The summed E-state index contributed by atoms with van der Waals surface area (Å²) in [6, 6.07) is 1.45. The van der Waals surface area contributed by atoms with Crippen LogP contribution >= 0.6 is 11.6 Å². The number of hydrogen-bond donors (Lipinski definition) is 3. The molecule has 9 heteroatoms. The predicted molar refractivity (Wildman–Crippen MR) is 81.4 cm³/mol. The van der Waals surface area contributed by atoms with Crippen LogP contribution in [0.5, 0.6) is 5.75 Å². The molecule has 3 atom stereocenters. The fourth-order valence-corrected chi connectivity index (χ4v) is 3.29. The third-order valence-electron chi connectivity index (χ3n) is 4.63. The first kappa shape index (κ1) is 19.1. The van der Waals surface area contributed by atoms with Crippen molar-refractivity contribution in [3.05, 3.63) is 40.7 Å². The van der Waals surface area contributed by atoms with E-state index >= 15 is 0 Å². The maximum atomic E-state index is 14.3. The van der Waals surface area contributed by atoms with Crippen molar-refractivity contribution in [2.24, 2.45) is 11.3 Å². The van der Waals surface area contributed by atoms with E-state index in [0.717, 1.165) is 25.1 Å². The summed E-state index contributed by atoms with van der Waals surface area (Å²) in [5.74, 6) is -6.73. The summed E-state index contributed by atoms with van der Waals surface area (Å²) >= 11 is 5.57. The summed E-state index contributed by atoms with van der Waals surface area (Å²) in [5, 5.41) is 28.4. The Kier molecular flexibility index (Phi) is 4.78. The number of hydrogen-bond acceptors (Lipinski definition) is 3. The molecule has 5 nitrogen and oxygen atoms in total. The van der Waals surface area contributed by atoms with E-state index in [0.29, 0.717) is 6.07 Å². The van der Waals surface area contributed by atoms with Crippen LogP contribution in [0, 0.1) is 17.2 Å². The van der Waals surface area contributed by atoms with Gasteiger partial charge in [0.05, 0.1) is 16.4 Å². The Morgan fingerprint density at radius 3 is 2.36 bits per heavy atom. The van der Waals surface area contributed by atoms with Gasteiger partial charge in [0, 0.05) is 5.56 Å². The Bertz CT molecular complexity index is 766. The number of allylic oxidation sites excluding steroid dienone is 1. The number of halogens is 4. The van der Waals surface area contributed by atoms with Crippen molar-refractivity contribution in [1.29, 1.82) is 0 Å². The van der Waals surface area contributed by atoms with Gasteiger partial charge in [-0.05, 0) is 25.5 Å². The van der Waals surface area contributed by atoms with Gasteiger partial charge in [0.25, 0.3) is 0 Å². The summed E-state index contributed by atoms with van der Waals surface area (Å²) in [4.78, 5) is 23.5. The van der Waals surface area contributed by atoms with Gasteiger partial charge in [-0.25, -0.2) is 13.2 Å². The van der Waals surface area contributed by atoms with Crippen molar-refractivity contribution in [2.75, 3.05) is 0 Å². The van der Waals surface area contributed by atoms with Crippen molar-refractivity contribution >= 4 is 23.5 Å². The lowest BCUT2D eigenvalue weighted by atomic mass is 9.59. The van der Waals surface area contributed by atoms with Crippen LogP contribution in [0.3, 0.4) is 0 Å². The highest BCUT2D eigenvalue weighted by molar-refractivity contribution is 6.32. The molecule has 1 aromatic carbocycles. The molecule has 1 aliphatic rings. The van der Waals surface area contributed by atoms with Crippen LogP contribution in [-0.4, -0.2) is 33.7 Å². The van der Waals surface area contributed by atoms with Gasteiger partial charge in [-0.2, -0.15) is 0 Å². The van der Waals surface area contributed by atoms with Crippen LogP contribution in [0.2, 0.25) is 5.02 Å². The molecule has 0 bridgehead atoms. The van der Waals surface area contributed by atoms with Gasteiger partial charge in [0.1, 0.15) is 17.0 Å². The van der Waals surface area contributed by atoms with Gasteiger partial charge in [-0.3, -0.25) is 9.59 Å². The van der Waals surface area contributed by atoms with Crippen LogP contribution in [0.15, 0.2) is 24.3 Å². The first-order valence-electron chi connectivity index (χ1n) is 7.08. The summed E-state index contributed by atoms with van der Waals surface area (Å²) in [7, 11) is 0. The quantitative estimate of drug-likeness (QED) is 0.698. The Balaban J connectivity index is 2.74. The van der Waals surface area contributed by atoms with Gasteiger partial charge >= 0.3 is 11.9 Å². The van der Waals surface area contributed by atoms with E-state index < -0.39 is 58.7 Å². The zero-order valence-corrected chi connectivity index (χ0v) is 13.6. The number of carboxylic acid groups (broad SMARTS) is 2. The monoisotopic (exact) mass is 378 g/mol. The number of rotatable bonds is 4. The fourth-order valence-electron chi connectivity index (χ4n) is 3.14. The molecular formula is C16H14ClF3O5. The largest absolute Gasteiger partial charge is 0.506 e. The van der Waals surface area contributed by atoms with Crippen molar-refractivity contribution in [3.63, 3.8) is 0 Å². The molecule has 136 valence electrons. The molecule has 0 saturated heterocycles. The number of aromatic hydroxyl groups is 1. The number of phenolic OH excluding ortho intramolecular Hbond substituents is 1. The maximum absolute atomic E-state index is 14.3. The molecule has 0 aromatic heterocycles. The van der Waals surface area contributed by atoms with Gasteiger partial charge in [-0.1, -0.05) is 23.8 Å². The molecule has 0 fully saturated rings. The SMILES string of the molecule is CC1(C(=O)O)CC(C(=O)O)(c2cc(O)c(Cl)cc2F)C=CC1C(F)F. The summed E-state index contributed by atoms with van der Waals surface area (Å²) in [5.41, 5.74) is -4.97. The molecule has 0 heterocycles. The minimum absolute atomic E-state index is 0.368. The van der Waals surface area contributed by atoms with Gasteiger partial charge < -0.3 is 15.3 Å². The van der Waals surface area contributed by atoms with Gasteiger partial charge in [0.2, 0.25) is 6.43 Å². The molecule has 1 aromatic rings.